The van der Waals surface area contributed by atoms with Gasteiger partial charge in [0.15, 0.2) is 0 Å². The van der Waals surface area contributed by atoms with E-state index < -0.39 is 28.0 Å². The summed E-state index contributed by atoms with van der Waals surface area (Å²) in [5, 5.41) is 0. The van der Waals surface area contributed by atoms with Crippen molar-refractivity contribution in [3.05, 3.63) is 0 Å². The summed E-state index contributed by atoms with van der Waals surface area (Å²) in [7, 11) is -4.58. The van der Waals surface area contributed by atoms with Crippen LogP contribution in [-0.2, 0) is 15.0 Å². The SMILES string of the molecule is CC(C)(C)OC(=O)N(C1CCCCC1)S(=O)(=O)O. The van der Waals surface area contributed by atoms with Gasteiger partial charge < -0.3 is 4.74 Å². The third-order valence-corrected chi connectivity index (χ3v) is 3.67. The third kappa shape index (κ3) is 4.45. The Balaban J connectivity index is 2.88. The van der Waals surface area contributed by atoms with Gasteiger partial charge in [0.1, 0.15) is 5.60 Å². The van der Waals surface area contributed by atoms with Gasteiger partial charge in [-0.05, 0) is 33.6 Å². The summed E-state index contributed by atoms with van der Waals surface area (Å²) < 4.78 is 37.4. The van der Waals surface area contributed by atoms with Gasteiger partial charge in [-0.1, -0.05) is 19.3 Å². The molecule has 1 saturated carbocycles. The molecule has 0 radical (unpaired) electrons. The van der Waals surface area contributed by atoms with Crippen molar-refractivity contribution in [2.45, 2.75) is 64.5 Å². The van der Waals surface area contributed by atoms with Crippen LogP contribution in [0.25, 0.3) is 0 Å². The van der Waals surface area contributed by atoms with E-state index in [9.17, 15) is 17.8 Å². The normalized spacial score (nSPS) is 18.4. The van der Waals surface area contributed by atoms with E-state index in [0.29, 0.717) is 17.1 Å². The van der Waals surface area contributed by atoms with E-state index in [1.165, 1.54) is 0 Å². The Morgan fingerprint density at radius 1 is 1.22 bits per heavy atom. The Labute approximate surface area is 108 Å². The molecule has 6 nitrogen and oxygen atoms in total. The molecule has 106 valence electrons. The molecule has 0 atom stereocenters. The number of amides is 1. The summed E-state index contributed by atoms with van der Waals surface area (Å²) in [5.41, 5.74) is -0.797. The van der Waals surface area contributed by atoms with Crippen LogP contribution in [0.2, 0.25) is 0 Å². The molecule has 1 aliphatic rings. The monoisotopic (exact) mass is 279 g/mol. The van der Waals surface area contributed by atoms with E-state index in [0.717, 1.165) is 19.3 Å². The summed E-state index contributed by atoms with van der Waals surface area (Å²) in [6.45, 7) is 4.94. The van der Waals surface area contributed by atoms with Crippen molar-refractivity contribution in [1.82, 2.24) is 4.31 Å². The van der Waals surface area contributed by atoms with Crippen LogP contribution in [0, 0.1) is 0 Å². The van der Waals surface area contributed by atoms with Crippen molar-refractivity contribution in [3.8, 4) is 0 Å². The first-order valence-electron chi connectivity index (χ1n) is 6.11. The van der Waals surface area contributed by atoms with E-state index in [4.69, 9.17) is 4.74 Å². The number of hydrogen-bond donors (Lipinski definition) is 1. The highest BCUT2D eigenvalue weighted by molar-refractivity contribution is 7.84. The first-order chi connectivity index (χ1) is 8.11. The second kappa shape index (κ2) is 5.44. The molecule has 0 aliphatic heterocycles. The smallest absolute Gasteiger partial charge is 0.426 e. The lowest BCUT2D eigenvalue weighted by Crippen LogP contribution is -2.47. The van der Waals surface area contributed by atoms with Gasteiger partial charge in [-0.15, -0.1) is 0 Å². The Bertz CT molecular complexity index is 392. The van der Waals surface area contributed by atoms with Crippen LogP contribution < -0.4 is 0 Å². The fourth-order valence-corrected chi connectivity index (χ4v) is 2.87. The number of nitrogens with zero attached hydrogens (tertiary/aromatic N) is 1. The van der Waals surface area contributed by atoms with Crippen LogP contribution in [0.1, 0.15) is 52.9 Å². The zero-order valence-corrected chi connectivity index (χ0v) is 11.9. The fourth-order valence-electron chi connectivity index (χ4n) is 2.05. The highest BCUT2D eigenvalue weighted by Crippen LogP contribution is 2.26. The molecule has 0 heterocycles. The van der Waals surface area contributed by atoms with Gasteiger partial charge >= 0.3 is 16.4 Å². The maximum atomic E-state index is 11.9. The lowest BCUT2D eigenvalue weighted by Gasteiger charge is -2.32. The molecule has 0 unspecified atom stereocenters. The van der Waals surface area contributed by atoms with Gasteiger partial charge in [0.25, 0.3) is 0 Å². The molecule has 7 heteroatoms. The van der Waals surface area contributed by atoms with Crippen LogP contribution in [0.3, 0.4) is 0 Å². The first-order valence-corrected chi connectivity index (χ1v) is 7.51. The van der Waals surface area contributed by atoms with Gasteiger partial charge in [-0.2, -0.15) is 12.7 Å². The van der Waals surface area contributed by atoms with Crippen molar-refractivity contribution in [2.24, 2.45) is 0 Å². The van der Waals surface area contributed by atoms with Gasteiger partial charge in [-0.3, -0.25) is 4.55 Å². The maximum Gasteiger partial charge on any atom is 0.426 e. The Morgan fingerprint density at radius 3 is 2.11 bits per heavy atom. The number of hydrogen-bond acceptors (Lipinski definition) is 4. The molecule has 1 fully saturated rings. The van der Waals surface area contributed by atoms with E-state index in [1.807, 2.05) is 0 Å². The Hall–Kier alpha value is -0.820. The summed E-state index contributed by atoms with van der Waals surface area (Å²) >= 11 is 0. The third-order valence-electron chi connectivity index (χ3n) is 2.73. The van der Waals surface area contributed by atoms with Crippen LogP contribution >= 0.6 is 0 Å². The fraction of sp³-hybridized carbons (Fsp3) is 0.909. The molecule has 1 N–H and O–H groups in total. The van der Waals surface area contributed by atoms with Crippen LogP contribution in [0.4, 0.5) is 4.79 Å². The summed E-state index contributed by atoms with van der Waals surface area (Å²) in [4.78, 5) is 11.9. The van der Waals surface area contributed by atoms with Crippen LogP contribution in [0.5, 0.6) is 0 Å². The molecule has 0 saturated heterocycles. The molecule has 0 bridgehead atoms. The Kier molecular flexibility index (Phi) is 4.61. The van der Waals surface area contributed by atoms with Crippen molar-refractivity contribution in [1.29, 1.82) is 0 Å². The topological polar surface area (TPSA) is 83.9 Å². The van der Waals surface area contributed by atoms with Gasteiger partial charge in [0.05, 0.1) is 6.04 Å². The maximum absolute atomic E-state index is 11.9. The average Bonchev–Trinajstić information content (AvgIpc) is 2.13. The Morgan fingerprint density at radius 2 is 1.72 bits per heavy atom. The van der Waals surface area contributed by atoms with Crippen LogP contribution in [0.15, 0.2) is 0 Å². The largest absolute Gasteiger partial charge is 0.443 e. The van der Waals surface area contributed by atoms with Crippen molar-refractivity contribution in [3.63, 3.8) is 0 Å². The predicted octanol–water partition coefficient (Wildman–Crippen LogP) is 2.36. The zero-order chi connectivity index (χ0) is 14.0. The number of rotatable bonds is 2. The van der Waals surface area contributed by atoms with Crippen molar-refractivity contribution < 1.29 is 22.5 Å². The first kappa shape index (κ1) is 15.2. The van der Waals surface area contributed by atoms with E-state index >= 15 is 0 Å². The second-order valence-electron chi connectivity index (χ2n) is 5.55. The van der Waals surface area contributed by atoms with E-state index in [1.54, 1.807) is 20.8 Å². The highest BCUT2D eigenvalue weighted by Gasteiger charge is 2.37. The number of carbonyl (C=O) groups is 1. The summed E-state index contributed by atoms with van der Waals surface area (Å²) in [5.74, 6) is 0. The molecule has 0 aromatic rings. The predicted molar refractivity (Wildman–Crippen MR) is 66.5 cm³/mol. The lowest BCUT2D eigenvalue weighted by atomic mass is 9.96. The van der Waals surface area contributed by atoms with Crippen molar-refractivity contribution in [2.75, 3.05) is 0 Å². The minimum Gasteiger partial charge on any atom is -0.443 e. The standard InChI is InChI=1S/C11H21NO5S/c1-11(2,3)17-10(13)12(18(14,15)16)9-7-5-4-6-8-9/h9H,4-8H2,1-3H3,(H,14,15,16). The second-order valence-corrected chi connectivity index (χ2v) is 6.83. The molecule has 1 rings (SSSR count). The lowest BCUT2D eigenvalue weighted by molar-refractivity contribution is 0.0299. The van der Waals surface area contributed by atoms with E-state index in [2.05, 4.69) is 0 Å². The number of ether oxygens (including phenoxy) is 1. The molecule has 1 amide bonds. The van der Waals surface area contributed by atoms with Gasteiger partial charge in [0.2, 0.25) is 0 Å². The quantitative estimate of drug-likeness (QED) is 0.784. The summed E-state index contributed by atoms with van der Waals surface area (Å²) in [6.07, 6.45) is 2.85. The zero-order valence-electron chi connectivity index (χ0n) is 11.0. The molecular formula is C11H21NO5S. The average molecular weight is 279 g/mol. The minimum atomic E-state index is -4.58. The molecule has 0 aromatic carbocycles. The minimum absolute atomic E-state index is 0.484. The molecule has 0 spiro atoms. The van der Waals surface area contributed by atoms with Gasteiger partial charge in [-0.25, -0.2) is 4.79 Å². The van der Waals surface area contributed by atoms with E-state index in [-0.39, 0.29) is 0 Å². The molecule has 1 aliphatic carbocycles. The highest BCUT2D eigenvalue weighted by atomic mass is 32.2. The molecular weight excluding hydrogens is 258 g/mol. The van der Waals surface area contributed by atoms with Crippen molar-refractivity contribution >= 4 is 16.4 Å². The van der Waals surface area contributed by atoms with Gasteiger partial charge in [0, 0.05) is 0 Å². The van der Waals surface area contributed by atoms with Crippen LogP contribution in [-0.4, -0.2) is 35.0 Å². The summed E-state index contributed by atoms with van der Waals surface area (Å²) in [6, 6.07) is -0.497. The number of carbonyl (C=O) groups excluding carboxylic acids is 1. The molecule has 0 aromatic heterocycles. The molecule has 18 heavy (non-hydrogen) atoms.